The first-order chi connectivity index (χ1) is 10.8. The van der Waals surface area contributed by atoms with E-state index in [4.69, 9.17) is 4.74 Å². The summed E-state index contributed by atoms with van der Waals surface area (Å²) < 4.78 is 9.11. The first kappa shape index (κ1) is 12.9. The second-order valence-corrected chi connectivity index (χ2v) is 5.38. The summed E-state index contributed by atoms with van der Waals surface area (Å²) in [5.74, 6) is 1.23. The molecule has 0 aromatic carbocycles. The van der Waals surface area contributed by atoms with E-state index in [1.807, 2.05) is 29.9 Å². The fraction of sp³-hybridized carbons (Fsp3) is 0.154. The normalized spacial score (nSPS) is 11.1. The highest BCUT2D eigenvalue weighted by atomic mass is 32.1. The number of fused-ring (bicyclic) bond motifs is 1. The Morgan fingerprint density at radius 3 is 3.09 bits per heavy atom. The Morgan fingerprint density at radius 1 is 1.36 bits per heavy atom. The largest absolute Gasteiger partial charge is 0.468 e. The maximum atomic E-state index is 5.86. The Hall–Kier alpha value is -2.81. The van der Waals surface area contributed by atoms with Gasteiger partial charge in [-0.3, -0.25) is 4.68 Å². The lowest BCUT2D eigenvalue weighted by molar-refractivity contribution is 0.275. The van der Waals surface area contributed by atoms with Crippen LogP contribution in [0, 0.1) is 0 Å². The molecule has 4 aromatic rings. The van der Waals surface area contributed by atoms with Gasteiger partial charge in [0, 0.05) is 7.05 Å². The number of nitrogens with zero attached hydrogens (tertiary/aromatic N) is 7. The number of ether oxygens (including phenoxy) is 1. The van der Waals surface area contributed by atoms with Crippen molar-refractivity contribution < 1.29 is 4.74 Å². The quantitative estimate of drug-likeness (QED) is 0.568. The summed E-state index contributed by atoms with van der Waals surface area (Å²) >= 11 is 1.62. The SMILES string of the molecule is Cn1ncnc1COc1nn2cnnc2cc1-c1ccsc1. The number of hydrogen-bond acceptors (Lipinski definition) is 7. The molecular weight excluding hydrogens is 302 g/mol. The minimum atomic E-state index is 0.286. The van der Waals surface area contributed by atoms with Crippen LogP contribution in [0.1, 0.15) is 5.82 Å². The van der Waals surface area contributed by atoms with Crippen LogP contribution in [-0.4, -0.2) is 34.6 Å². The molecule has 4 rings (SSSR count). The van der Waals surface area contributed by atoms with E-state index >= 15 is 0 Å². The van der Waals surface area contributed by atoms with E-state index in [-0.39, 0.29) is 6.61 Å². The van der Waals surface area contributed by atoms with Gasteiger partial charge in [-0.1, -0.05) is 0 Å². The zero-order valence-corrected chi connectivity index (χ0v) is 12.4. The van der Waals surface area contributed by atoms with Crippen LogP contribution in [0.15, 0.2) is 35.5 Å². The maximum absolute atomic E-state index is 5.86. The van der Waals surface area contributed by atoms with Gasteiger partial charge in [0.05, 0.1) is 5.56 Å². The maximum Gasteiger partial charge on any atom is 0.240 e. The van der Waals surface area contributed by atoms with Crippen molar-refractivity contribution in [2.75, 3.05) is 0 Å². The minimum absolute atomic E-state index is 0.286. The van der Waals surface area contributed by atoms with Crippen molar-refractivity contribution in [3.63, 3.8) is 0 Å². The third-order valence-electron chi connectivity index (χ3n) is 3.23. The summed E-state index contributed by atoms with van der Waals surface area (Å²) in [6, 6.07) is 3.93. The van der Waals surface area contributed by atoms with Crippen molar-refractivity contribution in [3.05, 3.63) is 41.4 Å². The van der Waals surface area contributed by atoms with Gasteiger partial charge in [0.25, 0.3) is 0 Å². The van der Waals surface area contributed by atoms with E-state index < -0.39 is 0 Å². The van der Waals surface area contributed by atoms with E-state index in [1.54, 1.807) is 26.9 Å². The van der Waals surface area contributed by atoms with Crippen LogP contribution in [-0.2, 0) is 13.7 Å². The molecule has 0 unspecified atom stereocenters. The number of aryl methyl sites for hydroxylation is 1. The van der Waals surface area contributed by atoms with Crippen molar-refractivity contribution in [1.29, 1.82) is 0 Å². The molecule has 4 aromatic heterocycles. The van der Waals surface area contributed by atoms with Gasteiger partial charge in [-0.15, -0.1) is 15.3 Å². The molecular formula is C13H11N7OS. The van der Waals surface area contributed by atoms with Gasteiger partial charge in [-0.25, -0.2) is 4.98 Å². The lowest BCUT2D eigenvalue weighted by Crippen LogP contribution is -2.07. The number of hydrogen-bond donors (Lipinski definition) is 0. The van der Waals surface area contributed by atoms with Gasteiger partial charge >= 0.3 is 0 Å². The Kier molecular flexibility index (Phi) is 3.04. The van der Waals surface area contributed by atoms with Crippen molar-refractivity contribution in [1.82, 2.24) is 34.6 Å². The van der Waals surface area contributed by atoms with E-state index in [1.165, 1.54) is 6.33 Å². The molecule has 8 nitrogen and oxygen atoms in total. The van der Waals surface area contributed by atoms with Crippen LogP contribution in [0.3, 0.4) is 0 Å². The smallest absolute Gasteiger partial charge is 0.240 e. The third-order valence-corrected chi connectivity index (χ3v) is 3.92. The number of rotatable bonds is 4. The van der Waals surface area contributed by atoms with E-state index in [9.17, 15) is 0 Å². The lowest BCUT2D eigenvalue weighted by Gasteiger charge is -2.09. The van der Waals surface area contributed by atoms with Crippen LogP contribution in [0.4, 0.5) is 0 Å². The van der Waals surface area contributed by atoms with Gasteiger partial charge in [0.2, 0.25) is 5.88 Å². The van der Waals surface area contributed by atoms with Crippen LogP contribution in [0.5, 0.6) is 5.88 Å². The van der Waals surface area contributed by atoms with Crippen molar-refractivity contribution in [2.24, 2.45) is 7.05 Å². The molecule has 0 spiro atoms. The lowest BCUT2D eigenvalue weighted by atomic mass is 10.1. The van der Waals surface area contributed by atoms with Crippen LogP contribution >= 0.6 is 11.3 Å². The first-order valence-electron chi connectivity index (χ1n) is 6.50. The highest BCUT2D eigenvalue weighted by molar-refractivity contribution is 7.08. The highest BCUT2D eigenvalue weighted by Crippen LogP contribution is 2.30. The molecule has 9 heteroatoms. The van der Waals surface area contributed by atoms with Gasteiger partial charge in [-0.05, 0) is 28.5 Å². The fourth-order valence-corrected chi connectivity index (χ4v) is 2.72. The first-order valence-corrected chi connectivity index (χ1v) is 7.45. The van der Waals surface area contributed by atoms with Gasteiger partial charge in [-0.2, -0.15) is 21.0 Å². The van der Waals surface area contributed by atoms with Crippen molar-refractivity contribution in [2.45, 2.75) is 6.61 Å². The molecule has 0 bridgehead atoms. The summed E-state index contributed by atoms with van der Waals surface area (Å²) in [5.41, 5.74) is 2.59. The van der Waals surface area contributed by atoms with Crippen molar-refractivity contribution in [3.8, 4) is 17.0 Å². The Labute approximate surface area is 129 Å². The molecule has 4 heterocycles. The monoisotopic (exact) mass is 313 g/mol. The summed E-state index contributed by atoms with van der Waals surface area (Å²) in [6.07, 6.45) is 3.04. The van der Waals surface area contributed by atoms with Gasteiger partial charge in [0.15, 0.2) is 11.5 Å². The van der Waals surface area contributed by atoms with Gasteiger partial charge in [0.1, 0.15) is 19.3 Å². The molecule has 0 aliphatic heterocycles. The molecule has 0 amide bonds. The van der Waals surface area contributed by atoms with Crippen LogP contribution < -0.4 is 4.74 Å². The molecule has 0 atom stereocenters. The average Bonchev–Trinajstić information content (AvgIpc) is 3.26. The number of aromatic nitrogens is 7. The third kappa shape index (κ3) is 2.21. The predicted octanol–water partition coefficient (Wildman–Crippen LogP) is 1.56. The van der Waals surface area contributed by atoms with E-state index in [2.05, 4.69) is 25.4 Å². The second-order valence-electron chi connectivity index (χ2n) is 4.60. The van der Waals surface area contributed by atoms with E-state index in [0.717, 1.165) is 17.0 Å². The molecule has 0 aliphatic carbocycles. The topological polar surface area (TPSA) is 83.0 Å². The van der Waals surface area contributed by atoms with E-state index in [0.29, 0.717) is 11.5 Å². The summed E-state index contributed by atoms with van der Waals surface area (Å²) in [6.45, 7) is 0.286. The summed E-state index contributed by atoms with van der Waals surface area (Å²) in [5, 5.41) is 20.4. The molecule has 0 saturated heterocycles. The Balaban J connectivity index is 1.74. The zero-order chi connectivity index (χ0) is 14.9. The minimum Gasteiger partial charge on any atom is -0.468 e. The highest BCUT2D eigenvalue weighted by Gasteiger charge is 2.13. The molecule has 22 heavy (non-hydrogen) atoms. The van der Waals surface area contributed by atoms with Crippen LogP contribution in [0.25, 0.3) is 16.8 Å². The van der Waals surface area contributed by atoms with Crippen molar-refractivity contribution >= 4 is 17.0 Å². The Morgan fingerprint density at radius 2 is 2.32 bits per heavy atom. The Bertz CT molecular complexity index is 912. The number of thiophene rings is 1. The molecule has 0 saturated carbocycles. The second kappa shape index (κ2) is 5.19. The average molecular weight is 313 g/mol. The zero-order valence-electron chi connectivity index (χ0n) is 11.6. The molecule has 0 fully saturated rings. The molecule has 0 aliphatic rings. The predicted molar refractivity (Wildman–Crippen MR) is 79.4 cm³/mol. The molecule has 110 valence electrons. The molecule has 0 N–H and O–H groups in total. The molecule has 0 radical (unpaired) electrons. The van der Waals surface area contributed by atoms with Crippen LogP contribution in [0.2, 0.25) is 0 Å². The van der Waals surface area contributed by atoms with Gasteiger partial charge < -0.3 is 4.74 Å². The fourth-order valence-electron chi connectivity index (χ4n) is 2.07. The summed E-state index contributed by atoms with van der Waals surface area (Å²) in [7, 11) is 1.82. The standard InChI is InChI=1S/C13H11N7OS/c1-19-12(14-7-16-19)5-21-13-10(9-2-3-22-6-9)4-11-17-15-8-20(11)18-13/h2-4,6-8H,5H2,1H3. The summed E-state index contributed by atoms with van der Waals surface area (Å²) in [4.78, 5) is 4.15.